The third-order valence-corrected chi connectivity index (χ3v) is 6.14. The molecule has 5 aromatic rings. The molecule has 0 saturated carbocycles. The topological polar surface area (TPSA) is 121 Å². The van der Waals surface area contributed by atoms with Gasteiger partial charge in [0.05, 0.1) is 24.2 Å². The lowest BCUT2D eigenvalue weighted by Gasteiger charge is -2.09. The molecule has 0 unspecified atom stereocenters. The molecule has 38 heavy (non-hydrogen) atoms. The highest BCUT2D eigenvalue weighted by atomic mass is 16.5. The minimum Gasteiger partial charge on any atom is -0.493 e. The number of aromatic nitrogens is 6. The van der Waals surface area contributed by atoms with Crippen LogP contribution in [0.5, 0.6) is 5.75 Å². The van der Waals surface area contributed by atoms with Gasteiger partial charge in [0.25, 0.3) is 0 Å². The van der Waals surface area contributed by atoms with Crippen LogP contribution in [0.15, 0.2) is 84.8 Å². The summed E-state index contributed by atoms with van der Waals surface area (Å²) in [5.74, 6) is 2.47. The van der Waals surface area contributed by atoms with Crippen molar-refractivity contribution in [3.8, 4) is 17.1 Å². The molecule has 1 aromatic carbocycles. The molecule has 10 heteroatoms. The van der Waals surface area contributed by atoms with Crippen molar-refractivity contribution in [3.05, 3.63) is 96.7 Å². The van der Waals surface area contributed by atoms with Crippen LogP contribution in [0.25, 0.3) is 22.6 Å². The van der Waals surface area contributed by atoms with Gasteiger partial charge in [0, 0.05) is 75.8 Å². The summed E-state index contributed by atoms with van der Waals surface area (Å²) in [6.45, 7) is 1.16. The maximum absolute atomic E-state index is 5.93. The highest BCUT2D eigenvalue weighted by Gasteiger charge is 2.10. The predicted molar refractivity (Wildman–Crippen MR) is 149 cm³/mol. The number of aliphatic imine (C=N–C) groups is 1. The first kappa shape index (κ1) is 24.7. The molecular formula is C28H29N9O. The summed E-state index contributed by atoms with van der Waals surface area (Å²) in [4.78, 5) is 21.8. The van der Waals surface area contributed by atoms with Gasteiger partial charge < -0.3 is 20.4 Å². The van der Waals surface area contributed by atoms with Crippen molar-refractivity contribution in [2.24, 2.45) is 17.8 Å². The van der Waals surface area contributed by atoms with Crippen molar-refractivity contribution in [2.75, 3.05) is 19.0 Å². The normalized spacial score (nSPS) is 11.9. The van der Waals surface area contributed by atoms with Crippen LogP contribution in [0, 0.1) is 0 Å². The number of ether oxygens (including phenoxy) is 1. The number of pyridine rings is 1. The number of benzene rings is 1. The minimum atomic E-state index is 0.538. The van der Waals surface area contributed by atoms with Crippen LogP contribution >= 0.6 is 0 Å². The van der Waals surface area contributed by atoms with Crippen molar-refractivity contribution in [2.45, 2.75) is 13.0 Å². The lowest BCUT2D eigenvalue weighted by molar-refractivity contribution is 0.317. The van der Waals surface area contributed by atoms with Crippen molar-refractivity contribution >= 4 is 23.3 Å². The van der Waals surface area contributed by atoms with Crippen LogP contribution in [0.2, 0.25) is 0 Å². The molecule has 0 amide bonds. The fourth-order valence-electron chi connectivity index (χ4n) is 4.09. The van der Waals surface area contributed by atoms with E-state index in [-0.39, 0.29) is 0 Å². The Morgan fingerprint density at radius 3 is 2.71 bits per heavy atom. The van der Waals surface area contributed by atoms with Crippen molar-refractivity contribution < 1.29 is 4.74 Å². The number of rotatable bonds is 10. The molecule has 0 atom stereocenters. The smallest absolute Gasteiger partial charge is 0.140 e. The number of aryl methyl sites for hydroxylation is 1. The van der Waals surface area contributed by atoms with Gasteiger partial charge in [-0.25, -0.2) is 19.9 Å². The first-order chi connectivity index (χ1) is 18.6. The van der Waals surface area contributed by atoms with E-state index >= 15 is 0 Å². The highest BCUT2D eigenvalue weighted by molar-refractivity contribution is 6.09. The minimum absolute atomic E-state index is 0.538. The van der Waals surface area contributed by atoms with Gasteiger partial charge in [-0.1, -0.05) is 24.3 Å². The zero-order valence-electron chi connectivity index (χ0n) is 21.3. The summed E-state index contributed by atoms with van der Waals surface area (Å²) < 4.78 is 9.91. The molecule has 0 spiro atoms. The molecule has 0 bridgehead atoms. The lowest BCUT2D eigenvalue weighted by Crippen LogP contribution is -2.06. The van der Waals surface area contributed by atoms with E-state index in [9.17, 15) is 0 Å². The number of hydrogen-bond donors (Lipinski definition) is 2. The number of fused-ring (bicyclic) bond motifs is 1. The molecule has 0 saturated heterocycles. The molecule has 0 aliphatic rings. The first-order valence-corrected chi connectivity index (χ1v) is 12.2. The number of hydrogen-bond acceptors (Lipinski definition) is 8. The van der Waals surface area contributed by atoms with Gasteiger partial charge in [0.1, 0.15) is 29.4 Å². The lowest BCUT2D eigenvalue weighted by atomic mass is 10.1. The Balaban J connectivity index is 1.24. The van der Waals surface area contributed by atoms with Gasteiger partial charge in [0.2, 0.25) is 0 Å². The van der Waals surface area contributed by atoms with Gasteiger partial charge in [-0.2, -0.15) is 0 Å². The van der Waals surface area contributed by atoms with Crippen LogP contribution < -0.4 is 15.8 Å². The molecule has 10 nitrogen and oxygen atoms in total. The zero-order valence-corrected chi connectivity index (χ0v) is 21.3. The van der Waals surface area contributed by atoms with E-state index in [1.165, 1.54) is 0 Å². The van der Waals surface area contributed by atoms with Crippen molar-refractivity contribution in [1.29, 1.82) is 0 Å². The Morgan fingerprint density at radius 1 is 1.08 bits per heavy atom. The van der Waals surface area contributed by atoms with Crippen LogP contribution in [0.4, 0.5) is 5.82 Å². The number of allylic oxidation sites excluding steroid dienone is 1. The maximum atomic E-state index is 5.93. The fraction of sp³-hybridized carbons (Fsp3) is 0.179. The predicted octanol–water partition coefficient (Wildman–Crippen LogP) is 3.76. The second-order valence-corrected chi connectivity index (χ2v) is 8.64. The van der Waals surface area contributed by atoms with E-state index in [2.05, 4.69) is 42.4 Å². The van der Waals surface area contributed by atoms with E-state index < -0.39 is 0 Å². The summed E-state index contributed by atoms with van der Waals surface area (Å²) in [6, 6.07) is 13.9. The second kappa shape index (κ2) is 11.4. The summed E-state index contributed by atoms with van der Waals surface area (Å²) >= 11 is 0. The Kier molecular flexibility index (Phi) is 7.39. The van der Waals surface area contributed by atoms with Crippen LogP contribution in [0.3, 0.4) is 0 Å². The molecule has 5 rings (SSSR count). The monoisotopic (exact) mass is 507 g/mol. The summed E-state index contributed by atoms with van der Waals surface area (Å²) in [6.07, 6.45) is 13.1. The quantitative estimate of drug-likeness (QED) is 0.276. The van der Waals surface area contributed by atoms with Crippen LogP contribution in [-0.4, -0.2) is 48.8 Å². The van der Waals surface area contributed by atoms with Gasteiger partial charge in [0.15, 0.2) is 0 Å². The summed E-state index contributed by atoms with van der Waals surface area (Å²) in [5, 5.41) is 3.37. The number of nitrogens with one attached hydrogen (secondary N) is 1. The van der Waals surface area contributed by atoms with E-state index in [1.54, 1.807) is 38.2 Å². The van der Waals surface area contributed by atoms with E-state index in [0.717, 1.165) is 57.5 Å². The summed E-state index contributed by atoms with van der Waals surface area (Å²) in [5.41, 5.74) is 11.1. The van der Waals surface area contributed by atoms with Gasteiger partial charge in [-0.15, -0.1) is 0 Å². The Morgan fingerprint density at radius 2 is 1.95 bits per heavy atom. The average molecular weight is 508 g/mol. The number of nitrogens with zero attached hydrogens (tertiary/aromatic N) is 7. The molecule has 4 heterocycles. The third-order valence-electron chi connectivity index (χ3n) is 6.14. The van der Waals surface area contributed by atoms with E-state index in [1.807, 2.05) is 58.7 Å². The molecule has 4 aromatic heterocycles. The zero-order chi connectivity index (χ0) is 26.3. The summed E-state index contributed by atoms with van der Waals surface area (Å²) in [7, 11) is 3.70. The van der Waals surface area contributed by atoms with Crippen LogP contribution in [-0.2, 0) is 20.0 Å². The van der Waals surface area contributed by atoms with Gasteiger partial charge in [-0.05, 0) is 17.2 Å². The number of anilines is 1. The van der Waals surface area contributed by atoms with E-state index in [0.29, 0.717) is 13.2 Å². The van der Waals surface area contributed by atoms with Crippen molar-refractivity contribution in [3.63, 3.8) is 0 Å². The molecular weight excluding hydrogens is 478 g/mol. The molecule has 192 valence electrons. The van der Waals surface area contributed by atoms with E-state index in [4.69, 9.17) is 10.5 Å². The Labute approximate surface area is 220 Å². The maximum Gasteiger partial charge on any atom is 0.140 e. The molecule has 0 aliphatic heterocycles. The van der Waals surface area contributed by atoms with Crippen molar-refractivity contribution in [1.82, 2.24) is 28.9 Å². The molecule has 3 N–H and O–H groups in total. The second-order valence-electron chi connectivity index (χ2n) is 8.64. The number of nitrogens with two attached hydrogens (primary N) is 1. The largest absolute Gasteiger partial charge is 0.493 e. The Bertz CT molecular complexity index is 1580. The standard InChI is InChI=1S/C28H29N9O/c1-30-17-22(15-29)21-5-3-20(4-6-21)16-32-26-14-24(34-19-35-26)25-18-33-28-13-23(7-10-37(25)28)38-12-8-27-31-9-11-36(27)2/h3-7,9-11,13-15,17-19H,8,12,16,29H2,1-2H3,(H,32,34,35). The number of imidazole rings is 2. The fourth-order valence-corrected chi connectivity index (χ4v) is 4.09. The van der Waals surface area contributed by atoms with Gasteiger partial charge in [-0.3, -0.25) is 9.39 Å². The first-order valence-electron chi connectivity index (χ1n) is 12.2. The third kappa shape index (κ3) is 5.54. The average Bonchev–Trinajstić information content (AvgIpc) is 3.56. The highest BCUT2D eigenvalue weighted by Crippen LogP contribution is 2.23. The van der Waals surface area contributed by atoms with Crippen LogP contribution in [0.1, 0.15) is 17.0 Å². The molecule has 0 radical (unpaired) electrons. The molecule has 0 aliphatic carbocycles. The Hall–Kier alpha value is -4.99. The SMILES string of the molecule is CN=CC(=CN)c1ccc(CNc2cc(-c3cnc4cc(OCCc5nccn5C)ccn34)ncn2)cc1. The van der Waals surface area contributed by atoms with Gasteiger partial charge >= 0.3 is 0 Å². The molecule has 0 fully saturated rings.